The normalized spacial score (nSPS) is 18.0. The fourth-order valence-corrected chi connectivity index (χ4v) is 3.35. The smallest absolute Gasteiger partial charge is 0.265 e. The van der Waals surface area contributed by atoms with Crippen LogP contribution in [-0.2, 0) is 11.8 Å². The molecule has 0 unspecified atom stereocenters. The van der Waals surface area contributed by atoms with Crippen molar-refractivity contribution in [2.45, 2.75) is 0 Å². The van der Waals surface area contributed by atoms with Crippen molar-refractivity contribution in [3.63, 3.8) is 0 Å². The minimum absolute atomic E-state index is 0.0251. The van der Waals surface area contributed by atoms with Gasteiger partial charge in [-0.3, -0.25) is 9.69 Å². The number of para-hydroxylation sites is 1. The van der Waals surface area contributed by atoms with Crippen LogP contribution in [0.2, 0.25) is 0 Å². The zero-order valence-electron chi connectivity index (χ0n) is 10.6. The molecule has 1 aliphatic rings. The van der Waals surface area contributed by atoms with Crippen LogP contribution >= 0.6 is 24.0 Å². The molecule has 0 saturated carbocycles. The summed E-state index contributed by atoms with van der Waals surface area (Å²) >= 11 is 6.49. The molecule has 1 aromatic carbocycles. The fraction of sp³-hybridized carbons (Fsp3) is 0.143. The standard InChI is InChI=1S/C14H12N2OS2/c1-15-8-9(10-5-3-4-6-11(10)15)7-12-13(17)16(2)14(18)19-12/h3-8H,1-2H3/b12-7-. The number of hydrogen-bond donors (Lipinski definition) is 0. The Bertz CT molecular complexity index is 730. The number of rotatable bonds is 1. The lowest BCUT2D eigenvalue weighted by Crippen LogP contribution is -2.22. The molecule has 0 spiro atoms. The van der Waals surface area contributed by atoms with E-state index in [1.807, 2.05) is 31.5 Å². The number of likely N-dealkylation sites (N-methyl/N-ethyl adjacent to an activating group) is 1. The van der Waals surface area contributed by atoms with E-state index in [1.54, 1.807) is 7.05 Å². The summed E-state index contributed by atoms with van der Waals surface area (Å²) in [7, 11) is 3.71. The topological polar surface area (TPSA) is 25.2 Å². The SMILES string of the molecule is CN1C(=O)/C(=C/c2cn(C)c3ccccc23)SC1=S. The first-order chi connectivity index (χ1) is 9.08. The first kappa shape index (κ1) is 12.4. The van der Waals surface area contributed by atoms with Crippen molar-refractivity contribution in [1.82, 2.24) is 9.47 Å². The lowest BCUT2D eigenvalue weighted by molar-refractivity contribution is -0.121. The van der Waals surface area contributed by atoms with Gasteiger partial charge in [0.25, 0.3) is 5.91 Å². The summed E-state index contributed by atoms with van der Waals surface area (Å²) in [5, 5.41) is 1.14. The average Bonchev–Trinajstić information content (AvgIpc) is 2.84. The summed E-state index contributed by atoms with van der Waals surface area (Å²) in [6.07, 6.45) is 3.96. The van der Waals surface area contributed by atoms with E-state index in [4.69, 9.17) is 12.2 Å². The van der Waals surface area contributed by atoms with Gasteiger partial charge in [-0.05, 0) is 12.1 Å². The third-order valence-electron chi connectivity index (χ3n) is 3.20. The Hall–Kier alpha value is -1.59. The number of thiocarbonyl (C=S) groups is 1. The van der Waals surface area contributed by atoms with Crippen molar-refractivity contribution in [1.29, 1.82) is 0 Å². The molecule has 0 atom stereocenters. The van der Waals surface area contributed by atoms with Crippen molar-refractivity contribution >= 4 is 51.2 Å². The monoisotopic (exact) mass is 288 g/mol. The maximum atomic E-state index is 12.0. The van der Waals surface area contributed by atoms with Gasteiger partial charge < -0.3 is 4.57 Å². The molecular weight excluding hydrogens is 276 g/mol. The number of amides is 1. The Morgan fingerprint density at radius 1 is 1.26 bits per heavy atom. The second-order valence-electron chi connectivity index (χ2n) is 4.45. The Balaban J connectivity index is 2.12. The molecule has 1 aromatic heterocycles. The second-order valence-corrected chi connectivity index (χ2v) is 6.13. The molecule has 2 aromatic rings. The van der Waals surface area contributed by atoms with E-state index in [-0.39, 0.29) is 5.91 Å². The molecule has 1 aliphatic heterocycles. The summed E-state index contributed by atoms with van der Waals surface area (Å²) in [4.78, 5) is 14.2. The average molecular weight is 288 g/mol. The lowest BCUT2D eigenvalue weighted by atomic mass is 10.1. The van der Waals surface area contributed by atoms with Gasteiger partial charge in [0.2, 0.25) is 0 Å². The number of aromatic nitrogens is 1. The Morgan fingerprint density at radius 2 is 2.00 bits per heavy atom. The van der Waals surface area contributed by atoms with Crippen LogP contribution in [0.1, 0.15) is 5.56 Å². The predicted octanol–water partition coefficient (Wildman–Crippen LogP) is 3.01. The zero-order valence-corrected chi connectivity index (χ0v) is 12.2. The molecule has 96 valence electrons. The first-order valence-electron chi connectivity index (χ1n) is 5.83. The molecule has 1 fully saturated rings. The third-order valence-corrected chi connectivity index (χ3v) is 4.69. The maximum Gasteiger partial charge on any atom is 0.265 e. The second kappa shape index (κ2) is 4.51. The summed E-state index contributed by atoms with van der Waals surface area (Å²) < 4.78 is 2.67. The number of nitrogens with zero attached hydrogens (tertiary/aromatic N) is 2. The molecule has 0 radical (unpaired) electrons. The molecule has 1 amide bonds. The summed E-state index contributed by atoms with van der Waals surface area (Å²) in [6, 6.07) is 8.15. The molecule has 3 nitrogen and oxygen atoms in total. The largest absolute Gasteiger partial charge is 0.350 e. The van der Waals surface area contributed by atoms with Gasteiger partial charge >= 0.3 is 0 Å². The van der Waals surface area contributed by atoms with Crippen molar-refractivity contribution in [2.24, 2.45) is 7.05 Å². The van der Waals surface area contributed by atoms with Crippen LogP contribution in [0.5, 0.6) is 0 Å². The highest BCUT2D eigenvalue weighted by atomic mass is 32.2. The van der Waals surface area contributed by atoms with Crippen LogP contribution in [0.15, 0.2) is 35.4 Å². The molecular formula is C14H12N2OS2. The Morgan fingerprint density at radius 3 is 2.68 bits per heavy atom. The van der Waals surface area contributed by atoms with E-state index in [9.17, 15) is 4.79 Å². The number of thioether (sulfide) groups is 1. The number of carbonyl (C=O) groups is 1. The number of benzene rings is 1. The van der Waals surface area contributed by atoms with Crippen LogP contribution in [-0.4, -0.2) is 26.7 Å². The van der Waals surface area contributed by atoms with Crippen molar-refractivity contribution in [3.05, 3.63) is 40.9 Å². The van der Waals surface area contributed by atoms with E-state index in [2.05, 4.69) is 16.7 Å². The van der Waals surface area contributed by atoms with Crippen LogP contribution in [0.4, 0.5) is 0 Å². The molecule has 1 saturated heterocycles. The number of aryl methyl sites for hydroxylation is 1. The van der Waals surface area contributed by atoms with E-state index in [0.717, 1.165) is 16.5 Å². The predicted molar refractivity (Wildman–Crippen MR) is 83.9 cm³/mol. The van der Waals surface area contributed by atoms with Gasteiger partial charge in [0, 0.05) is 36.8 Å². The third kappa shape index (κ3) is 1.99. The molecule has 2 heterocycles. The van der Waals surface area contributed by atoms with E-state index >= 15 is 0 Å². The molecule has 0 N–H and O–H groups in total. The van der Waals surface area contributed by atoms with Crippen LogP contribution in [0.3, 0.4) is 0 Å². The Labute approximate surface area is 120 Å². The molecule has 19 heavy (non-hydrogen) atoms. The minimum Gasteiger partial charge on any atom is -0.350 e. The quantitative estimate of drug-likeness (QED) is 0.596. The summed E-state index contributed by atoms with van der Waals surface area (Å²) in [5.41, 5.74) is 2.20. The number of carbonyl (C=O) groups excluding carboxylic acids is 1. The first-order valence-corrected chi connectivity index (χ1v) is 7.06. The van der Waals surface area contributed by atoms with Gasteiger partial charge in [0.05, 0.1) is 4.91 Å². The van der Waals surface area contributed by atoms with Crippen molar-refractivity contribution in [2.75, 3.05) is 7.05 Å². The van der Waals surface area contributed by atoms with Gasteiger partial charge in [0.1, 0.15) is 4.32 Å². The van der Waals surface area contributed by atoms with Gasteiger partial charge in [-0.2, -0.15) is 0 Å². The van der Waals surface area contributed by atoms with Crippen LogP contribution < -0.4 is 0 Å². The van der Waals surface area contributed by atoms with Gasteiger partial charge in [-0.1, -0.05) is 42.2 Å². The van der Waals surface area contributed by atoms with Crippen molar-refractivity contribution < 1.29 is 4.79 Å². The summed E-state index contributed by atoms with van der Waals surface area (Å²) in [5.74, 6) is -0.0251. The number of fused-ring (bicyclic) bond motifs is 1. The highest BCUT2D eigenvalue weighted by Gasteiger charge is 2.28. The van der Waals surface area contributed by atoms with Gasteiger partial charge in [-0.15, -0.1) is 0 Å². The Kier molecular flexibility index (Phi) is 2.95. The highest BCUT2D eigenvalue weighted by Crippen LogP contribution is 2.33. The van der Waals surface area contributed by atoms with Crippen LogP contribution in [0.25, 0.3) is 17.0 Å². The van der Waals surface area contributed by atoms with Crippen molar-refractivity contribution in [3.8, 4) is 0 Å². The fourth-order valence-electron chi connectivity index (χ4n) is 2.17. The van der Waals surface area contributed by atoms with Gasteiger partial charge in [-0.25, -0.2) is 0 Å². The maximum absolute atomic E-state index is 12.0. The van der Waals surface area contributed by atoms with E-state index < -0.39 is 0 Å². The zero-order chi connectivity index (χ0) is 13.6. The minimum atomic E-state index is -0.0251. The lowest BCUT2D eigenvalue weighted by Gasteiger charge is -2.03. The van der Waals surface area contributed by atoms with Crippen LogP contribution in [0, 0.1) is 0 Å². The molecule has 0 bridgehead atoms. The van der Waals surface area contributed by atoms with Gasteiger partial charge in [0.15, 0.2) is 0 Å². The molecule has 0 aliphatic carbocycles. The highest BCUT2D eigenvalue weighted by molar-refractivity contribution is 8.26. The molecule has 3 rings (SSSR count). The van der Waals surface area contributed by atoms with E-state index in [0.29, 0.717) is 9.23 Å². The van der Waals surface area contributed by atoms with E-state index in [1.165, 1.54) is 16.7 Å². The summed E-state index contributed by atoms with van der Waals surface area (Å²) in [6.45, 7) is 0. The molecule has 5 heteroatoms. The number of hydrogen-bond acceptors (Lipinski definition) is 3.